The number of hydrogen-bond donors (Lipinski definition) is 1. The highest BCUT2D eigenvalue weighted by atomic mass is 16.5. The molecule has 0 atom stereocenters. The van der Waals surface area contributed by atoms with Gasteiger partial charge in [0.1, 0.15) is 23.8 Å². The van der Waals surface area contributed by atoms with Gasteiger partial charge >= 0.3 is 0 Å². The molecule has 1 N–H and O–H groups in total. The van der Waals surface area contributed by atoms with Gasteiger partial charge in [-0.15, -0.1) is 0 Å². The Kier molecular flexibility index (Phi) is 5.27. The third kappa shape index (κ3) is 3.66. The number of fused-ring (bicyclic) bond motifs is 1. The minimum absolute atomic E-state index is 0.303. The molecule has 2 aromatic heterocycles. The molecular formula is C25H24N2O3. The molecule has 4 rings (SSSR count). The quantitative estimate of drug-likeness (QED) is 0.453. The molecule has 0 saturated heterocycles. The van der Waals surface area contributed by atoms with Crippen LogP contribution in [0.5, 0.6) is 5.75 Å². The second-order valence-corrected chi connectivity index (χ2v) is 7.41. The van der Waals surface area contributed by atoms with Gasteiger partial charge in [-0.05, 0) is 50.5 Å². The zero-order valence-electron chi connectivity index (χ0n) is 17.6. The average Bonchev–Trinajstić information content (AvgIpc) is 3.09. The van der Waals surface area contributed by atoms with Crippen molar-refractivity contribution in [3.8, 4) is 5.75 Å². The molecular weight excluding hydrogens is 376 g/mol. The molecule has 0 bridgehead atoms. The second kappa shape index (κ2) is 8.03. The molecule has 0 aliphatic carbocycles. The number of furan rings is 1. The maximum Gasteiger partial charge on any atom is 0.292 e. The van der Waals surface area contributed by atoms with Gasteiger partial charge in [0.15, 0.2) is 5.76 Å². The van der Waals surface area contributed by atoms with E-state index in [2.05, 4.69) is 10.3 Å². The highest BCUT2D eigenvalue weighted by molar-refractivity contribution is 6.06. The van der Waals surface area contributed by atoms with Crippen LogP contribution in [0.25, 0.3) is 11.0 Å². The van der Waals surface area contributed by atoms with Crippen molar-refractivity contribution in [1.29, 1.82) is 0 Å². The van der Waals surface area contributed by atoms with Crippen molar-refractivity contribution in [2.45, 2.75) is 34.3 Å². The van der Waals surface area contributed by atoms with Crippen LogP contribution in [0, 0.1) is 27.7 Å². The van der Waals surface area contributed by atoms with Gasteiger partial charge in [0.05, 0.1) is 5.69 Å². The number of pyridine rings is 1. The van der Waals surface area contributed by atoms with E-state index in [0.29, 0.717) is 23.8 Å². The van der Waals surface area contributed by atoms with Gasteiger partial charge in [-0.1, -0.05) is 48.5 Å². The number of ether oxygens (including phenoxy) is 1. The van der Waals surface area contributed by atoms with E-state index >= 15 is 0 Å². The first-order chi connectivity index (χ1) is 14.5. The number of anilines is 1. The predicted molar refractivity (Wildman–Crippen MR) is 118 cm³/mol. The van der Waals surface area contributed by atoms with E-state index in [4.69, 9.17) is 9.15 Å². The molecule has 0 saturated carbocycles. The fourth-order valence-electron chi connectivity index (χ4n) is 3.54. The van der Waals surface area contributed by atoms with Gasteiger partial charge in [-0.3, -0.25) is 4.79 Å². The van der Waals surface area contributed by atoms with Crippen LogP contribution in [-0.4, -0.2) is 10.9 Å². The van der Waals surface area contributed by atoms with Crippen LogP contribution < -0.4 is 10.1 Å². The predicted octanol–water partition coefficient (Wildman–Crippen LogP) is 5.89. The SMILES string of the molecule is Cc1nc(NC(=O)c2oc3ccccc3c2C)c(C)c(C)c1OCc1ccccc1. The van der Waals surface area contributed by atoms with Crippen molar-refractivity contribution in [2.75, 3.05) is 5.32 Å². The molecule has 0 unspecified atom stereocenters. The monoisotopic (exact) mass is 400 g/mol. The summed E-state index contributed by atoms with van der Waals surface area (Å²) in [6, 6.07) is 17.6. The third-order valence-corrected chi connectivity index (χ3v) is 5.37. The molecule has 4 aromatic rings. The maximum atomic E-state index is 12.9. The lowest BCUT2D eigenvalue weighted by Crippen LogP contribution is -2.15. The Labute approximate surface area is 175 Å². The molecule has 2 heterocycles. The highest BCUT2D eigenvalue weighted by Crippen LogP contribution is 2.31. The molecule has 30 heavy (non-hydrogen) atoms. The van der Waals surface area contributed by atoms with E-state index in [0.717, 1.165) is 39.1 Å². The van der Waals surface area contributed by atoms with Crippen LogP contribution in [0.15, 0.2) is 59.0 Å². The fraction of sp³-hybridized carbons (Fsp3) is 0.200. The Morgan fingerprint density at radius 3 is 2.37 bits per heavy atom. The molecule has 0 radical (unpaired) electrons. The normalized spacial score (nSPS) is 10.9. The van der Waals surface area contributed by atoms with E-state index in [1.807, 2.05) is 82.3 Å². The van der Waals surface area contributed by atoms with Crippen molar-refractivity contribution in [1.82, 2.24) is 4.98 Å². The number of nitrogens with one attached hydrogen (secondary N) is 1. The molecule has 0 spiro atoms. The minimum atomic E-state index is -0.309. The second-order valence-electron chi connectivity index (χ2n) is 7.41. The Balaban J connectivity index is 1.58. The summed E-state index contributed by atoms with van der Waals surface area (Å²) in [5.41, 5.74) is 5.15. The molecule has 0 aliphatic heterocycles. The Bertz CT molecular complexity index is 1230. The first-order valence-electron chi connectivity index (χ1n) is 9.89. The van der Waals surface area contributed by atoms with Crippen molar-refractivity contribution in [3.63, 3.8) is 0 Å². The summed E-state index contributed by atoms with van der Waals surface area (Å²) in [5.74, 6) is 1.25. The van der Waals surface area contributed by atoms with Gasteiger partial charge in [-0.25, -0.2) is 4.98 Å². The molecule has 0 fully saturated rings. The summed E-state index contributed by atoms with van der Waals surface area (Å²) >= 11 is 0. The van der Waals surface area contributed by atoms with E-state index in [1.165, 1.54) is 0 Å². The van der Waals surface area contributed by atoms with Crippen molar-refractivity contribution in [3.05, 3.63) is 88.3 Å². The number of benzene rings is 2. The Hall–Kier alpha value is -3.60. The standard InChI is InChI=1S/C25H24N2O3/c1-15-16(2)24(26-18(4)22(15)29-14-19-10-6-5-7-11-19)27-25(28)23-17(3)20-12-8-9-13-21(20)30-23/h5-13H,14H2,1-4H3,(H,26,27,28). The molecule has 5 nitrogen and oxygen atoms in total. The zero-order chi connectivity index (χ0) is 21.3. The van der Waals surface area contributed by atoms with Crippen LogP contribution in [-0.2, 0) is 6.61 Å². The van der Waals surface area contributed by atoms with Gasteiger partial charge in [0.25, 0.3) is 5.91 Å². The van der Waals surface area contributed by atoms with Crippen molar-refractivity contribution < 1.29 is 13.9 Å². The van der Waals surface area contributed by atoms with Gasteiger partial charge < -0.3 is 14.5 Å². The summed E-state index contributed by atoms with van der Waals surface area (Å²) in [4.78, 5) is 17.5. The number of amides is 1. The number of carbonyl (C=O) groups excluding carboxylic acids is 1. The Morgan fingerprint density at radius 2 is 1.63 bits per heavy atom. The number of rotatable bonds is 5. The number of aromatic nitrogens is 1. The van der Waals surface area contributed by atoms with Crippen molar-refractivity contribution in [2.24, 2.45) is 0 Å². The van der Waals surface area contributed by atoms with Crippen LogP contribution >= 0.6 is 0 Å². The minimum Gasteiger partial charge on any atom is -0.487 e. The Morgan fingerprint density at radius 1 is 0.933 bits per heavy atom. The summed E-state index contributed by atoms with van der Waals surface area (Å²) < 4.78 is 11.8. The smallest absolute Gasteiger partial charge is 0.292 e. The van der Waals surface area contributed by atoms with E-state index in [9.17, 15) is 4.79 Å². The zero-order valence-corrected chi connectivity index (χ0v) is 17.6. The molecule has 1 amide bonds. The van der Waals surface area contributed by atoms with Gasteiger partial charge in [0, 0.05) is 10.9 Å². The van der Waals surface area contributed by atoms with Gasteiger partial charge in [-0.2, -0.15) is 0 Å². The third-order valence-electron chi connectivity index (χ3n) is 5.37. The number of hydrogen-bond acceptors (Lipinski definition) is 4. The number of aryl methyl sites for hydroxylation is 2. The number of nitrogens with zero attached hydrogens (tertiary/aromatic N) is 1. The number of para-hydroxylation sites is 1. The van der Waals surface area contributed by atoms with Crippen LogP contribution in [0.2, 0.25) is 0 Å². The maximum absolute atomic E-state index is 12.9. The first kappa shape index (κ1) is 19.7. The lowest BCUT2D eigenvalue weighted by atomic mass is 10.1. The average molecular weight is 400 g/mol. The topological polar surface area (TPSA) is 64.4 Å². The van der Waals surface area contributed by atoms with Crippen molar-refractivity contribution >= 4 is 22.7 Å². The highest BCUT2D eigenvalue weighted by Gasteiger charge is 2.20. The summed E-state index contributed by atoms with van der Waals surface area (Å²) in [5, 5.41) is 3.85. The summed E-state index contributed by atoms with van der Waals surface area (Å²) in [7, 11) is 0. The molecule has 5 heteroatoms. The van der Waals surface area contributed by atoms with Crippen LogP contribution in [0.1, 0.15) is 38.5 Å². The first-order valence-corrected chi connectivity index (χ1v) is 9.89. The largest absolute Gasteiger partial charge is 0.487 e. The van der Waals surface area contributed by atoms with Crippen LogP contribution in [0.3, 0.4) is 0 Å². The molecule has 152 valence electrons. The molecule has 2 aromatic carbocycles. The van der Waals surface area contributed by atoms with Crippen LogP contribution in [0.4, 0.5) is 5.82 Å². The lowest BCUT2D eigenvalue weighted by molar-refractivity contribution is 0.0997. The summed E-state index contributed by atoms with van der Waals surface area (Å²) in [6.07, 6.45) is 0. The fourth-order valence-corrected chi connectivity index (χ4v) is 3.54. The lowest BCUT2D eigenvalue weighted by Gasteiger charge is -2.17. The van der Waals surface area contributed by atoms with E-state index in [1.54, 1.807) is 0 Å². The summed E-state index contributed by atoms with van der Waals surface area (Å²) in [6.45, 7) is 8.14. The van der Waals surface area contributed by atoms with E-state index < -0.39 is 0 Å². The molecule has 0 aliphatic rings. The number of carbonyl (C=O) groups is 1. The van der Waals surface area contributed by atoms with E-state index in [-0.39, 0.29) is 5.91 Å². The van der Waals surface area contributed by atoms with Gasteiger partial charge in [0.2, 0.25) is 0 Å².